The first-order valence-corrected chi connectivity index (χ1v) is 9.65. The maximum absolute atomic E-state index is 9.29. The van der Waals surface area contributed by atoms with Crippen LogP contribution < -0.4 is 0 Å². The third-order valence-corrected chi connectivity index (χ3v) is 4.00. The van der Waals surface area contributed by atoms with E-state index in [2.05, 4.69) is 13.8 Å². The lowest BCUT2D eigenvalue weighted by atomic mass is 10.1. The second kappa shape index (κ2) is 18.9. The summed E-state index contributed by atoms with van der Waals surface area (Å²) in [5, 5.41) is 9.29. The molecule has 0 bridgehead atoms. The second-order valence-electron chi connectivity index (χ2n) is 6.29. The zero-order chi connectivity index (χ0) is 16.3. The van der Waals surface area contributed by atoms with Crippen LogP contribution in [-0.4, -0.2) is 37.6 Å². The highest BCUT2D eigenvalue weighted by Crippen LogP contribution is 2.07. The van der Waals surface area contributed by atoms with E-state index in [4.69, 9.17) is 9.47 Å². The van der Waals surface area contributed by atoms with Crippen molar-refractivity contribution in [2.24, 2.45) is 0 Å². The SMILES string of the molecule is CCCCCCCCOC[C@H](CO)OCCCCCCCC. The van der Waals surface area contributed by atoms with Crippen LogP contribution in [0.4, 0.5) is 0 Å². The molecule has 0 saturated carbocycles. The van der Waals surface area contributed by atoms with Crippen molar-refractivity contribution < 1.29 is 14.6 Å². The standard InChI is InChI=1S/C19H40O3/c1-3-5-7-9-11-13-15-21-18-19(17-20)22-16-14-12-10-8-6-4-2/h19-20H,3-18H2,1-2H3/t19-/m0/s1. The summed E-state index contributed by atoms with van der Waals surface area (Å²) in [6, 6.07) is 0. The number of aliphatic hydroxyl groups excluding tert-OH is 1. The molecular formula is C19H40O3. The van der Waals surface area contributed by atoms with Crippen LogP contribution in [0.25, 0.3) is 0 Å². The number of rotatable bonds is 18. The monoisotopic (exact) mass is 316 g/mol. The van der Waals surface area contributed by atoms with Crippen molar-refractivity contribution in [3.63, 3.8) is 0 Å². The topological polar surface area (TPSA) is 38.7 Å². The lowest BCUT2D eigenvalue weighted by Gasteiger charge is -2.15. The van der Waals surface area contributed by atoms with E-state index in [0.717, 1.165) is 26.1 Å². The highest BCUT2D eigenvalue weighted by atomic mass is 16.5. The Morgan fingerprint density at radius 2 is 1.18 bits per heavy atom. The van der Waals surface area contributed by atoms with Gasteiger partial charge in [0.15, 0.2) is 0 Å². The van der Waals surface area contributed by atoms with Gasteiger partial charge in [0.05, 0.1) is 13.2 Å². The number of hydrogen-bond acceptors (Lipinski definition) is 3. The molecule has 1 N–H and O–H groups in total. The average Bonchev–Trinajstić information content (AvgIpc) is 2.54. The van der Waals surface area contributed by atoms with Gasteiger partial charge in [0.2, 0.25) is 0 Å². The van der Waals surface area contributed by atoms with E-state index in [1.807, 2.05) is 0 Å². The summed E-state index contributed by atoms with van der Waals surface area (Å²) in [5.41, 5.74) is 0. The van der Waals surface area contributed by atoms with Crippen LogP contribution in [0.15, 0.2) is 0 Å². The highest BCUT2D eigenvalue weighted by molar-refractivity contribution is 4.55. The molecule has 0 radical (unpaired) electrons. The first kappa shape index (κ1) is 21.9. The summed E-state index contributed by atoms with van der Waals surface area (Å²) >= 11 is 0. The summed E-state index contributed by atoms with van der Waals surface area (Å²) in [7, 11) is 0. The minimum atomic E-state index is -0.143. The van der Waals surface area contributed by atoms with Crippen molar-refractivity contribution >= 4 is 0 Å². The van der Waals surface area contributed by atoms with Crippen molar-refractivity contribution in [2.45, 2.75) is 97.0 Å². The first-order chi connectivity index (χ1) is 10.8. The average molecular weight is 317 g/mol. The zero-order valence-corrected chi connectivity index (χ0v) is 15.2. The zero-order valence-electron chi connectivity index (χ0n) is 15.2. The second-order valence-corrected chi connectivity index (χ2v) is 6.29. The fourth-order valence-corrected chi connectivity index (χ4v) is 2.49. The minimum Gasteiger partial charge on any atom is -0.394 e. The summed E-state index contributed by atoms with van der Waals surface area (Å²) in [5.74, 6) is 0. The Hall–Kier alpha value is -0.120. The molecule has 0 saturated heterocycles. The van der Waals surface area contributed by atoms with Crippen LogP contribution in [0.1, 0.15) is 90.9 Å². The number of ether oxygens (including phenoxy) is 2. The Morgan fingerprint density at radius 3 is 1.73 bits per heavy atom. The molecule has 134 valence electrons. The van der Waals surface area contributed by atoms with E-state index >= 15 is 0 Å². The molecule has 0 heterocycles. The van der Waals surface area contributed by atoms with Crippen molar-refractivity contribution in [1.82, 2.24) is 0 Å². The van der Waals surface area contributed by atoms with E-state index in [1.165, 1.54) is 64.2 Å². The van der Waals surface area contributed by atoms with Gasteiger partial charge in [-0.05, 0) is 12.8 Å². The van der Waals surface area contributed by atoms with E-state index in [0.29, 0.717) is 6.61 Å². The van der Waals surface area contributed by atoms with E-state index in [-0.39, 0.29) is 12.7 Å². The Morgan fingerprint density at radius 1 is 0.682 bits per heavy atom. The quantitative estimate of drug-likeness (QED) is 0.357. The fourth-order valence-electron chi connectivity index (χ4n) is 2.49. The molecule has 0 aromatic heterocycles. The molecule has 3 heteroatoms. The molecule has 0 spiro atoms. The van der Waals surface area contributed by atoms with E-state index in [1.54, 1.807) is 0 Å². The van der Waals surface area contributed by atoms with Gasteiger partial charge in [-0.2, -0.15) is 0 Å². The van der Waals surface area contributed by atoms with Crippen LogP contribution >= 0.6 is 0 Å². The normalized spacial score (nSPS) is 12.7. The molecule has 0 aliphatic heterocycles. The van der Waals surface area contributed by atoms with Crippen LogP contribution in [0.5, 0.6) is 0 Å². The Bertz CT molecular complexity index is 197. The van der Waals surface area contributed by atoms with Gasteiger partial charge in [0.1, 0.15) is 6.10 Å². The molecule has 1 atom stereocenters. The van der Waals surface area contributed by atoms with Crippen molar-refractivity contribution in [3.05, 3.63) is 0 Å². The predicted molar refractivity (Wildman–Crippen MR) is 94.4 cm³/mol. The van der Waals surface area contributed by atoms with Crippen molar-refractivity contribution in [2.75, 3.05) is 26.4 Å². The number of hydrogen-bond donors (Lipinski definition) is 1. The smallest absolute Gasteiger partial charge is 0.104 e. The molecule has 22 heavy (non-hydrogen) atoms. The van der Waals surface area contributed by atoms with Gasteiger partial charge in [-0.25, -0.2) is 0 Å². The first-order valence-electron chi connectivity index (χ1n) is 9.65. The summed E-state index contributed by atoms with van der Waals surface area (Å²) < 4.78 is 11.3. The summed E-state index contributed by atoms with van der Waals surface area (Å²) in [6.45, 7) is 6.61. The molecule has 0 aromatic carbocycles. The maximum Gasteiger partial charge on any atom is 0.104 e. The van der Waals surface area contributed by atoms with Gasteiger partial charge in [-0.3, -0.25) is 0 Å². The lowest BCUT2D eigenvalue weighted by molar-refractivity contribution is -0.0437. The summed E-state index contributed by atoms with van der Waals surface area (Å²) in [6.07, 6.45) is 15.1. The molecule has 3 nitrogen and oxygen atoms in total. The Kier molecular flexibility index (Phi) is 18.8. The number of unbranched alkanes of at least 4 members (excludes halogenated alkanes) is 10. The van der Waals surface area contributed by atoms with Crippen LogP contribution in [0.2, 0.25) is 0 Å². The van der Waals surface area contributed by atoms with Crippen molar-refractivity contribution in [1.29, 1.82) is 0 Å². The van der Waals surface area contributed by atoms with Crippen molar-refractivity contribution in [3.8, 4) is 0 Å². The predicted octanol–water partition coefficient (Wildman–Crippen LogP) is 5.10. The van der Waals surface area contributed by atoms with Crippen LogP contribution in [0.3, 0.4) is 0 Å². The molecule has 0 rings (SSSR count). The van der Waals surface area contributed by atoms with Crippen LogP contribution in [0, 0.1) is 0 Å². The number of aliphatic hydroxyl groups is 1. The molecule has 0 amide bonds. The van der Waals surface area contributed by atoms with Gasteiger partial charge in [0, 0.05) is 13.2 Å². The highest BCUT2D eigenvalue weighted by Gasteiger charge is 2.07. The molecule has 0 unspecified atom stereocenters. The van der Waals surface area contributed by atoms with Crippen LogP contribution in [-0.2, 0) is 9.47 Å². The molecule has 0 aliphatic carbocycles. The molecule has 0 aromatic rings. The fraction of sp³-hybridized carbons (Fsp3) is 1.00. The van der Waals surface area contributed by atoms with Gasteiger partial charge in [-0.1, -0.05) is 78.1 Å². The van der Waals surface area contributed by atoms with E-state index in [9.17, 15) is 5.11 Å². The van der Waals surface area contributed by atoms with E-state index < -0.39 is 0 Å². The molecule has 0 aliphatic rings. The summed E-state index contributed by atoms with van der Waals surface area (Å²) in [4.78, 5) is 0. The third kappa shape index (κ3) is 16.3. The van der Waals surface area contributed by atoms with Gasteiger partial charge >= 0.3 is 0 Å². The van der Waals surface area contributed by atoms with Gasteiger partial charge < -0.3 is 14.6 Å². The molecule has 0 fully saturated rings. The van der Waals surface area contributed by atoms with Gasteiger partial charge in [0.25, 0.3) is 0 Å². The maximum atomic E-state index is 9.29. The molecular weight excluding hydrogens is 276 g/mol. The minimum absolute atomic E-state index is 0.0618. The largest absolute Gasteiger partial charge is 0.394 e. The Balaban J connectivity index is 3.29. The van der Waals surface area contributed by atoms with Gasteiger partial charge in [-0.15, -0.1) is 0 Å². The lowest BCUT2D eigenvalue weighted by Crippen LogP contribution is -2.24. The Labute approximate surface area is 138 Å². The third-order valence-electron chi connectivity index (χ3n) is 4.00.